The molecule has 4 rings (SSSR count). The summed E-state index contributed by atoms with van der Waals surface area (Å²) in [6.07, 6.45) is 8.16. The zero-order valence-corrected chi connectivity index (χ0v) is 17.9. The van der Waals surface area contributed by atoms with Gasteiger partial charge in [-0.2, -0.15) is 0 Å². The minimum atomic E-state index is -0.257. The lowest BCUT2D eigenvalue weighted by Gasteiger charge is -2.41. The maximum atomic E-state index is 12.9. The standard InChI is InChI=1S/C23H32N4O3/c1-16-15-27(23(28)30-20-4-3-5-20)22-12-17(6-7-21(22)26(16)2)18(13-24)14-25-19-8-10-29-11-9-19/h6-7,12-14,16,19-20H,3-5,8-11,15,24H2,1-2H3. The number of carbonyl (C=O) groups excluding carboxylic acids is 1. The average molecular weight is 413 g/mol. The van der Waals surface area contributed by atoms with Crippen molar-refractivity contribution in [3.05, 3.63) is 30.0 Å². The summed E-state index contributed by atoms with van der Waals surface area (Å²) in [5, 5.41) is 0. The van der Waals surface area contributed by atoms with Crippen molar-refractivity contribution >= 4 is 29.3 Å². The largest absolute Gasteiger partial charge is 0.446 e. The van der Waals surface area contributed by atoms with Crippen LogP contribution >= 0.6 is 0 Å². The molecule has 1 aliphatic carbocycles. The number of benzene rings is 1. The first-order valence-corrected chi connectivity index (χ1v) is 10.9. The Labute approximate surface area is 178 Å². The molecule has 30 heavy (non-hydrogen) atoms. The number of amides is 1. The van der Waals surface area contributed by atoms with E-state index in [-0.39, 0.29) is 24.3 Å². The molecule has 2 aliphatic heterocycles. The summed E-state index contributed by atoms with van der Waals surface area (Å²) in [5.41, 5.74) is 9.60. The van der Waals surface area contributed by atoms with Gasteiger partial charge in [0, 0.05) is 50.8 Å². The van der Waals surface area contributed by atoms with E-state index in [0.717, 1.165) is 67.8 Å². The topological polar surface area (TPSA) is 80.4 Å². The zero-order valence-electron chi connectivity index (χ0n) is 17.9. The van der Waals surface area contributed by atoms with Gasteiger partial charge in [-0.25, -0.2) is 4.79 Å². The highest BCUT2D eigenvalue weighted by molar-refractivity contribution is 6.10. The fourth-order valence-corrected chi connectivity index (χ4v) is 4.04. The van der Waals surface area contributed by atoms with Crippen molar-refractivity contribution in [3.8, 4) is 0 Å². The summed E-state index contributed by atoms with van der Waals surface area (Å²) >= 11 is 0. The number of ether oxygens (including phenoxy) is 2. The quantitative estimate of drug-likeness (QED) is 0.765. The number of rotatable bonds is 4. The Balaban J connectivity index is 1.59. The van der Waals surface area contributed by atoms with E-state index in [9.17, 15) is 4.79 Å². The SMILES string of the molecule is CC1CN(C(=O)OC2CCC2)c2cc(C(C=NC3CCOCC3)=CN)ccc2N1C. The number of likely N-dealkylation sites (N-methyl/N-ethyl adjacent to an activating group) is 1. The molecule has 7 heteroatoms. The molecular weight excluding hydrogens is 380 g/mol. The van der Waals surface area contributed by atoms with Crippen LogP contribution in [0, 0.1) is 0 Å². The molecule has 1 atom stereocenters. The maximum absolute atomic E-state index is 12.9. The molecule has 0 bridgehead atoms. The second kappa shape index (κ2) is 9.08. The number of nitrogens with zero attached hydrogens (tertiary/aromatic N) is 3. The Kier molecular flexibility index (Phi) is 6.27. The van der Waals surface area contributed by atoms with Gasteiger partial charge in [0.1, 0.15) is 6.10 Å². The molecule has 0 aromatic heterocycles. The first-order chi connectivity index (χ1) is 14.6. The van der Waals surface area contributed by atoms with Crippen LogP contribution in [0.25, 0.3) is 5.57 Å². The van der Waals surface area contributed by atoms with Crippen molar-refractivity contribution in [1.82, 2.24) is 0 Å². The van der Waals surface area contributed by atoms with E-state index in [1.165, 1.54) is 0 Å². The van der Waals surface area contributed by atoms with Gasteiger partial charge in [-0.1, -0.05) is 6.07 Å². The predicted octanol–water partition coefficient (Wildman–Crippen LogP) is 3.57. The van der Waals surface area contributed by atoms with Gasteiger partial charge in [-0.05, 0) is 56.7 Å². The Morgan fingerprint density at radius 1 is 1.23 bits per heavy atom. The van der Waals surface area contributed by atoms with Crippen LogP contribution in [0.2, 0.25) is 0 Å². The van der Waals surface area contributed by atoms with Gasteiger partial charge in [0.25, 0.3) is 0 Å². The summed E-state index contributed by atoms with van der Waals surface area (Å²) in [4.78, 5) is 21.6. The van der Waals surface area contributed by atoms with Crippen molar-refractivity contribution in [2.45, 2.75) is 57.2 Å². The average Bonchev–Trinajstić information content (AvgIpc) is 2.74. The summed E-state index contributed by atoms with van der Waals surface area (Å²) in [5.74, 6) is 0. The van der Waals surface area contributed by atoms with Crippen molar-refractivity contribution in [1.29, 1.82) is 0 Å². The summed E-state index contributed by atoms with van der Waals surface area (Å²) in [7, 11) is 2.06. The Bertz CT molecular complexity index is 828. The Morgan fingerprint density at radius 3 is 2.67 bits per heavy atom. The summed E-state index contributed by atoms with van der Waals surface area (Å²) < 4.78 is 11.1. The van der Waals surface area contributed by atoms with Gasteiger partial charge in [0.05, 0.1) is 17.4 Å². The maximum Gasteiger partial charge on any atom is 0.414 e. The Hall–Kier alpha value is -2.54. The Morgan fingerprint density at radius 2 is 2.00 bits per heavy atom. The lowest BCUT2D eigenvalue weighted by Crippen LogP contribution is -2.49. The van der Waals surface area contributed by atoms with E-state index in [1.54, 1.807) is 11.1 Å². The van der Waals surface area contributed by atoms with Gasteiger partial charge < -0.3 is 20.1 Å². The van der Waals surface area contributed by atoms with Crippen molar-refractivity contribution in [2.75, 3.05) is 36.6 Å². The second-order valence-corrected chi connectivity index (χ2v) is 8.45. The van der Waals surface area contributed by atoms with Gasteiger partial charge in [0.2, 0.25) is 0 Å². The van der Waals surface area contributed by atoms with Crippen LogP contribution in [0.3, 0.4) is 0 Å². The van der Waals surface area contributed by atoms with Gasteiger partial charge in [-0.15, -0.1) is 0 Å². The zero-order chi connectivity index (χ0) is 21.1. The number of allylic oxidation sites excluding steroid dienone is 1. The van der Waals surface area contributed by atoms with E-state index >= 15 is 0 Å². The number of anilines is 2. The highest BCUT2D eigenvalue weighted by atomic mass is 16.6. The molecule has 162 valence electrons. The highest BCUT2D eigenvalue weighted by Crippen LogP contribution is 2.37. The van der Waals surface area contributed by atoms with E-state index in [4.69, 9.17) is 20.2 Å². The van der Waals surface area contributed by atoms with Gasteiger partial charge in [-0.3, -0.25) is 9.89 Å². The minimum Gasteiger partial charge on any atom is -0.446 e. The normalized spacial score (nSPS) is 23.4. The third-order valence-electron chi connectivity index (χ3n) is 6.42. The molecule has 2 N–H and O–H groups in total. The predicted molar refractivity (Wildman–Crippen MR) is 120 cm³/mol. The summed E-state index contributed by atoms with van der Waals surface area (Å²) in [6, 6.07) is 6.59. The van der Waals surface area contributed by atoms with E-state index in [2.05, 4.69) is 24.9 Å². The lowest BCUT2D eigenvalue weighted by atomic mass is 9.96. The molecule has 1 aromatic carbocycles. The number of fused-ring (bicyclic) bond motifs is 1. The number of carbonyl (C=O) groups is 1. The second-order valence-electron chi connectivity index (χ2n) is 8.45. The molecule has 0 spiro atoms. The van der Waals surface area contributed by atoms with Crippen molar-refractivity contribution < 1.29 is 14.3 Å². The molecule has 0 radical (unpaired) electrons. The van der Waals surface area contributed by atoms with Crippen LogP contribution in [0.15, 0.2) is 29.4 Å². The first-order valence-electron chi connectivity index (χ1n) is 10.9. The van der Waals surface area contributed by atoms with Crippen molar-refractivity contribution in [3.63, 3.8) is 0 Å². The first kappa shape index (κ1) is 20.7. The minimum absolute atomic E-state index is 0.0604. The van der Waals surface area contributed by atoms with Gasteiger partial charge in [0.15, 0.2) is 0 Å². The highest BCUT2D eigenvalue weighted by Gasteiger charge is 2.33. The lowest BCUT2D eigenvalue weighted by molar-refractivity contribution is 0.0570. The molecular formula is C23H32N4O3. The third kappa shape index (κ3) is 4.31. The number of hydrogen-bond acceptors (Lipinski definition) is 6. The monoisotopic (exact) mass is 412 g/mol. The smallest absolute Gasteiger partial charge is 0.414 e. The van der Waals surface area contributed by atoms with Crippen LogP contribution in [-0.4, -0.2) is 57.3 Å². The number of aliphatic imine (C=N–C) groups is 1. The molecule has 1 saturated heterocycles. The molecule has 3 aliphatic rings. The van der Waals surface area contributed by atoms with Crippen LogP contribution in [-0.2, 0) is 9.47 Å². The molecule has 7 nitrogen and oxygen atoms in total. The third-order valence-corrected chi connectivity index (χ3v) is 6.42. The van der Waals surface area contributed by atoms with Crippen LogP contribution < -0.4 is 15.5 Å². The fraction of sp³-hybridized carbons (Fsp3) is 0.565. The van der Waals surface area contributed by atoms with E-state index < -0.39 is 0 Å². The fourth-order valence-electron chi connectivity index (χ4n) is 4.04. The molecule has 2 heterocycles. The van der Waals surface area contributed by atoms with Crippen LogP contribution in [0.5, 0.6) is 0 Å². The number of nitrogens with two attached hydrogens (primary N) is 1. The van der Waals surface area contributed by atoms with E-state index in [1.807, 2.05) is 18.3 Å². The molecule has 2 fully saturated rings. The molecule has 1 saturated carbocycles. The molecule has 1 aromatic rings. The number of hydrogen-bond donors (Lipinski definition) is 1. The molecule has 1 amide bonds. The van der Waals surface area contributed by atoms with E-state index in [0.29, 0.717) is 6.54 Å². The van der Waals surface area contributed by atoms with Crippen LogP contribution in [0.4, 0.5) is 16.2 Å². The molecule has 1 unspecified atom stereocenters. The van der Waals surface area contributed by atoms with Crippen molar-refractivity contribution in [2.24, 2.45) is 10.7 Å². The van der Waals surface area contributed by atoms with Crippen LogP contribution in [0.1, 0.15) is 44.6 Å². The van der Waals surface area contributed by atoms with Gasteiger partial charge >= 0.3 is 6.09 Å². The summed E-state index contributed by atoms with van der Waals surface area (Å²) in [6.45, 7) is 4.22.